The summed E-state index contributed by atoms with van der Waals surface area (Å²) in [5.41, 5.74) is 2.77. The molecule has 4 N–H and O–H groups in total. The van der Waals surface area contributed by atoms with Crippen molar-refractivity contribution in [2.45, 2.75) is 57.8 Å². The van der Waals surface area contributed by atoms with Crippen molar-refractivity contribution in [1.29, 1.82) is 0 Å². The minimum absolute atomic E-state index is 0.142. The van der Waals surface area contributed by atoms with Crippen LogP contribution in [0.15, 0.2) is 60.7 Å². The van der Waals surface area contributed by atoms with Crippen LogP contribution < -0.4 is 5.32 Å². The molecule has 0 aliphatic heterocycles. The molecule has 8 nitrogen and oxygen atoms in total. The van der Waals surface area contributed by atoms with Gasteiger partial charge in [0.2, 0.25) is 0 Å². The monoisotopic (exact) mass is 509 g/mol. The van der Waals surface area contributed by atoms with Crippen LogP contribution >= 0.6 is 0 Å². The zero-order valence-electron chi connectivity index (χ0n) is 21.0. The van der Waals surface area contributed by atoms with Gasteiger partial charge in [0.25, 0.3) is 5.91 Å². The van der Waals surface area contributed by atoms with Crippen LogP contribution in [-0.2, 0) is 4.79 Å². The molecule has 0 aliphatic rings. The molecular formula is C28H32FN3O5. The molecule has 3 atom stereocenters. The van der Waals surface area contributed by atoms with Crippen LogP contribution in [-0.4, -0.2) is 49.2 Å². The number of carboxylic acid groups (broad SMARTS) is 1. The van der Waals surface area contributed by atoms with E-state index in [9.17, 15) is 24.2 Å². The predicted octanol–water partition coefficient (Wildman–Crippen LogP) is 4.23. The molecule has 0 bridgehead atoms. The number of hydrogen-bond donors (Lipinski definition) is 4. The SMILES string of the molecule is CC(C)c1c(C(=O)N[C@@H](C)c2ccccc2)nn(-c2ccc(F)cc2)c1/C=C/C(O)CC(O)CC(=O)O. The number of amides is 1. The van der Waals surface area contributed by atoms with Crippen LogP contribution in [0.4, 0.5) is 4.39 Å². The number of halogens is 1. The highest BCUT2D eigenvalue weighted by Crippen LogP contribution is 2.28. The standard InChI is InChI=1S/C28H32FN3O5/c1-17(2)26-24(14-13-22(33)15-23(34)16-25(35)36)32(21-11-9-20(29)10-12-21)31-27(26)28(37)30-18(3)19-7-5-4-6-8-19/h4-14,17-18,22-23,33-34H,15-16H2,1-3H3,(H,30,37)(H,35,36)/b14-13+/t18-,22?,23?/m0/s1. The quantitative estimate of drug-likeness (QED) is 0.307. The summed E-state index contributed by atoms with van der Waals surface area (Å²) in [6.45, 7) is 5.69. The topological polar surface area (TPSA) is 125 Å². The molecule has 3 aromatic rings. The summed E-state index contributed by atoms with van der Waals surface area (Å²) < 4.78 is 15.1. The van der Waals surface area contributed by atoms with E-state index in [1.807, 2.05) is 51.1 Å². The van der Waals surface area contributed by atoms with Gasteiger partial charge in [0, 0.05) is 12.0 Å². The van der Waals surface area contributed by atoms with E-state index >= 15 is 0 Å². The molecule has 0 saturated heterocycles. The van der Waals surface area contributed by atoms with Crippen molar-refractivity contribution in [1.82, 2.24) is 15.1 Å². The van der Waals surface area contributed by atoms with E-state index < -0.39 is 30.4 Å². The molecular weight excluding hydrogens is 477 g/mol. The fraction of sp³-hybridized carbons (Fsp3) is 0.321. The van der Waals surface area contributed by atoms with Gasteiger partial charge < -0.3 is 20.6 Å². The van der Waals surface area contributed by atoms with Crippen LogP contribution in [0.2, 0.25) is 0 Å². The Morgan fingerprint density at radius 3 is 2.30 bits per heavy atom. The molecule has 1 amide bonds. The first-order chi connectivity index (χ1) is 17.6. The smallest absolute Gasteiger partial charge is 0.305 e. The number of carbonyl (C=O) groups excluding carboxylic acids is 1. The molecule has 1 heterocycles. The van der Waals surface area contributed by atoms with Crippen molar-refractivity contribution in [2.24, 2.45) is 0 Å². The van der Waals surface area contributed by atoms with E-state index in [0.717, 1.165) is 5.56 Å². The maximum absolute atomic E-state index is 13.6. The Hall–Kier alpha value is -3.82. The molecule has 9 heteroatoms. The molecule has 3 rings (SSSR count). The number of benzene rings is 2. The minimum Gasteiger partial charge on any atom is -0.481 e. The third-order valence-electron chi connectivity index (χ3n) is 5.87. The Morgan fingerprint density at radius 1 is 1.05 bits per heavy atom. The number of rotatable bonds is 11. The van der Waals surface area contributed by atoms with Gasteiger partial charge in [-0.15, -0.1) is 0 Å². The number of carbonyl (C=O) groups is 2. The van der Waals surface area contributed by atoms with Crippen molar-refractivity contribution >= 4 is 18.0 Å². The molecule has 0 radical (unpaired) electrons. The van der Waals surface area contributed by atoms with Crippen molar-refractivity contribution in [3.8, 4) is 5.69 Å². The third kappa shape index (κ3) is 7.34. The second kappa shape index (κ2) is 12.4. The summed E-state index contributed by atoms with van der Waals surface area (Å²) in [5, 5.41) is 36.6. The lowest BCUT2D eigenvalue weighted by atomic mass is 9.98. The first-order valence-corrected chi connectivity index (χ1v) is 12.1. The van der Waals surface area contributed by atoms with Crippen molar-refractivity contribution in [3.63, 3.8) is 0 Å². The zero-order valence-corrected chi connectivity index (χ0v) is 21.0. The summed E-state index contributed by atoms with van der Waals surface area (Å²) in [4.78, 5) is 24.2. The summed E-state index contributed by atoms with van der Waals surface area (Å²) in [5.74, 6) is -2.11. The van der Waals surface area contributed by atoms with Crippen molar-refractivity contribution < 1.29 is 29.3 Å². The first-order valence-electron chi connectivity index (χ1n) is 12.1. The number of aliphatic hydroxyl groups is 2. The number of nitrogens with zero attached hydrogens (tertiary/aromatic N) is 2. The average Bonchev–Trinajstić information content (AvgIpc) is 3.23. The number of aliphatic carboxylic acids is 1. The number of aliphatic hydroxyl groups excluding tert-OH is 2. The van der Waals surface area contributed by atoms with Crippen LogP contribution in [0.1, 0.15) is 72.9 Å². The second-order valence-corrected chi connectivity index (χ2v) is 9.21. The molecule has 0 spiro atoms. The van der Waals surface area contributed by atoms with Crippen LogP contribution in [0, 0.1) is 5.82 Å². The summed E-state index contributed by atoms with van der Waals surface area (Å²) >= 11 is 0. The molecule has 0 fully saturated rings. The van der Waals surface area contributed by atoms with E-state index in [0.29, 0.717) is 16.9 Å². The molecule has 0 saturated carbocycles. The number of carboxylic acids is 1. The van der Waals surface area contributed by atoms with E-state index in [2.05, 4.69) is 10.4 Å². The van der Waals surface area contributed by atoms with E-state index in [4.69, 9.17) is 5.11 Å². The Balaban J connectivity index is 2.00. The van der Waals surface area contributed by atoms with Gasteiger partial charge >= 0.3 is 5.97 Å². The summed E-state index contributed by atoms with van der Waals surface area (Å²) in [6, 6.07) is 14.9. The summed E-state index contributed by atoms with van der Waals surface area (Å²) in [6.07, 6.45) is -0.0129. The largest absolute Gasteiger partial charge is 0.481 e. The molecule has 196 valence electrons. The molecule has 1 aromatic heterocycles. The lowest BCUT2D eigenvalue weighted by Crippen LogP contribution is -2.28. The maximum atomic E-state index is 13.6. The average molecular weight is 510 g/mol. The minimum atomic E-state index is -1.22. The van der Waals surface area contributed by atoms with Gasteiger partial charge in [-0.25, -0.2) is 9.07 Å². The Kier molecular flexibility index (Phi) is 9.32. The predicted molar refractivity (Wildman–Crippen MR) is 138 cm³/mol. The van der Waals surface area contributed by atoms with Crippen molar-refractivity contribution in [2.75, 3.05) is 0 Å². The molecule has 2 aromatic carbocycles. The van der Waals surface area contributed by atoms with Gasteiger partial charge in [-0.05, 0) is 48.7 Å². The lowest BCUT2D eigenvalue weighted by molar-refractivity contribution is -0.139. The van der Waals surface area contributed by atoms with Gasteiger partial charge in [-0.1, -0.05) is 50.3 Å². The Labute approximate surface area is 215 Å². The number of aromatic nitrogens is 2. The van der Waals surface area contributed by atoms with Gasteiger partial charge in [0.15, 0.2) is 5.69 Å². The second-order valence-electron chi connectivity index (χ2n) is 9.21. The summed E-state index contributed by atoms with van der Waals surface area (Å²) in [7, 11) is 0. The fourth-order valence-electron chi connectivity index (χ4n) is 4.05. The molecule has 0 aliphatic carbocycles. The number of hydrogen-bond acceptors (Lipinski definition) is 5. The highest BCUT2D eigenvalue weighted by molar-refractivity contribution is 5.95. The highest BCUT2D eigenvalue weighted by atomic mass is 19.1. The maximum Gasteiger partial charge on any atom is 0.305 e. The van der Waals surface area contributed by atoms with Gasteiger partial charge in [0.05, 0.1) is 36.1 Å². The van der Waals surface area contributed by atoms with Crippen molar-refractivity contribution in [3.05, 3.63) is 89.0 Å². The van der Waals surface area contributed by atoms with E-state index in [1.165, 1.54) is 35.0 Å². The fourth-order valence-corrected chi connectivity index (χ4v) is 4.05. The lowest BCUT2D eigenvalue weighted by Gasteiger charge is -2.15. The highest BCUT2D eigenvalue weighted by Gasteiger charge is 2.26. The number of nitrogens with one attached hydrogen (secondary N) is 1. The Morgan fingerprint density at radius 2 is 1.70 bits per heavy atom. The van der Waals surface area contributed by atoms with Gasteiger partial charge in [0.1, 0.15) is 5.82 Å². The van der Waals surface area contributed by atoms with Crippen LogP contribution in [0.3, 0.4) is 0 Å². The molecule has 37 heavy (non-hydrogen) atoms. The normalized spacial score (nSPS) is 14.0. The first kappa shape index (κ1) is 27.8. The van der Waals surface area contributed by atoms with Gasteiger partial charge in [-0.2, -0.15) is 5.10 Å². The van der Waals surface area contributed by atoms with Crippen LogP contribution in [0.5, 0.6) is 0 Å². The third-order valence-corrected chi connectivity index (χ3v) is 5.87. The Bertz CT molecular complexity index is 1240. The van der Waals surface area contributed by atoms with E-state index in [-0.39, 0.29) is 30.0 Å². The molecule has 2 unspecified atom stereocenters. The zero-order chi connectivity index (χ0) is 27.1. The van der Waals surface area contributed by atoms with Crippen LogP contribution in [0.25, 0.3) is 11.8 Å². The van der Waals surface area contributed by atoms with E-state index in [1.54, 1.807) is 6.08 Å². The van der Waals surface area contributed by atoms with Gasteiger partial charge in [-0.3, -0.25) is 9.59 Å².